The summed E-state index contributed by atoms with van der Waals surface area (Å²) in [6.07, 6.45) is 0. The van der Waals surface area contributed by atoms with E-state index in [-0.39, 0.29) is 11.2 Å². The first-order valence-electron chi connectivity index (χ1n) is 5.80. The van der Waals surface area contributed by atoms with E-state index in [1.807, 2.05) is 42.8 Å². The third-order valence-corrected chi connectivity index (χ3v) is 3.34. The Morgan fingerprint density at radius 3 is 2.61 bits per heavy atom. The fourth-order valence-corrected chi connectivity index (χ4v) is 2.47. The minimum absolute atomic E-state index is 0.0522. The second kappa shape index (κ2) is 3.60. The molecule has 0 aliphatic carbocycles. The van der Waals surface area contributed by atoms with Crippen molar-refractivity contribution in [3.05, 3.63) is 52.2 Å². The van der Waals surface area contributed by atoms with E-state index in [1.165, 1.54) is 0 Å². The van der Waals surface area contributed by atoms with Crippen LogP contribution in [0.1, 0.15) is 5.56 Å². The first-order chi connectivity index (χ1) is 8.59. The topological polar surface area (TPSA) is 42.2 Å². The summed E-state index contributed by atoms with van der Waals surface area (Å²) in [5, 5.41) is 11.0. The van der Waals surface area contributed by atoms with Crippen LogP contribution in [0.5, 0.6) is 5.75 Å². The van der Waals surface area contributed by atoms with Crippen molar-refractivity contribution in [1.29, 1.82) is 0 Å². The number of phenols is 1. The van der Waals surface area contributed by atoms with Crippen molar-refractivity contribution in [1.82, 2.24) is 4.57 Å². The van der Waals surface area contributed by atoms with Gasteiger partial charge in [-0.05, 0) is 36.8 Å². The molecule has 1 heterocycles. The van der Waals surface area contributed by atoms with E-state index in [1.54, 1.807) is 12.1 Å². The van der Waals surface area contributed by atoms with Crippen molar-refractivity contribution in [2.75, 3.05) is 0 Å². The smallest absolute Gasteiger partial charge is 0.200 e. The van der Waals surface area contributed by atoms with Gasteiger partial charge >= 0.3 is 0 Å². The highest BCUT2D eigenvalue weighted by atomic mass is 16.3. The van der Waals surface area contributed by atoms with Crippen molar-refractivity contribution in [2.24, 2.45) is 7.05 Å². The Hall–Kier alpha value is -2.29. The summed E-state index contributed by atoms with van der Waals surface area (Å²) in [6.45, 7) is 1.90. The lowest BCUT2D eigenvalue weighted by Crippen LogP contribution is -2.09. The van der Waals surface area contributed by atoms with Gasteiger partial charge in [-0.15, -0.1) is 0 Å². The fraction of sp³-hybridized carbons (Fsp3) is 0.133. The molecule has 3 nitrogen and oxygen atoms in total. The second-order valence-electron chi connectivity index (χ2n) is 4.58. The zero-order chi connectivity index (χ0) is 12.9. The van der Waals surface area contributed by atoms with Gasteiger partial charge in [-0.1, -0.05) is 12.1 Å². The molecule has 0 saturated heterocycles. The van der Waals surface area contributed by atoms with E-state index in [0.717, 1.165) is 16.6 Å². The molecule has 18 heavy (non-hydrogen) atoms. The minimum atomic E-state index is -0.115. The maximum absolute atomic E-state index is 12.4. The highest BCUT2D eigenvalue weighted by Crippen LogP contribution is 2.26. The average Bonchev–Trinajstić information content (AvgIpc) is 2.35. The molecular weight excluding hydrogens is 226 g/mol. The van der Waals surface area contributed by atoms with Crippen LogP contribution in [0.2, 0.25) is 0 Å². The molecule has 0 fully saturated rings. The van der Waals surface area contributed by atoms with Crippen molar-refractivity contribution in [3.63, 3.8) is 0 Å². The summed E-state index contributed by atoms with van der Waals surface area (Å²) in [7, 11) is 1.91. The molecule has 0 spiro atoms. The normalized spacial score (nSPS) is 11.2. The zero-order valence-electron chi connectivity index (χ0n) is 10.3. The fourth-order valence-electron chi connectivity index (χ4n) is 2.47. The van der Waals surface area contributed by atoms with Crippen LogP contribution < -0.4 is 5.43 Å². The number of para-hydroxylation sites is 1. The van der Waals surface area contributed by atoms with Crippen LogP contribution in [-0.2, 0) is 7.05 Å². The molecule has 90 valence electrons. The van der Waals surface area contributed by atoms with Crippen LogP contribution in [0.3, 0.4) is 0 Å². The molecule has 0 amide bonds. The van der Waals surface area contributed by atoms with Gasteiger partial charge in [-0.3, -0.25) is 4.79 Å². The third-order valence-electron chi connectivity index (χ3n) is 3.34. The quantitative estimate of drug-likeness (QED) is 0.613. The van der Waals surface area contributed by atoms with Crippen LogP contribution in [0.15, 0.2) is 41.2 Å². The second-order valence-corrected chi connectivity index (χ2v) is 4.58. The maximum atomic E-state index is 12.4. The molecule has 0 radical (unpaired) electrons. The number of hydrogen-bond donors (Lipinski definition) is 1. The molecule has 0 unspecified atom stereocenters. The van der Waals surface area contributed by atoms with Gasteiger partial charge in [-0.25, -0.2) is 0 Å². The summed E-state index contributed by atoms with van der Waals surface area (Å²) in [4.78, 5) is 12.4. The van der Waals surface area contributed by atoms with Crippen molar-refractivity contribution in [2.45, 2.75) is 6.92 Å². The van der Waals surface area contributed by atoms with Crippen molar-refractivity contribution < 1.29 is 5.11 Å². The van der Waals surface area contributed by atoms with E-state index >= 15 is 0 Å². The van der Waals surface area contributed by atoms with Crippen molar-refractivity contribution >= 4 is 21.8 Å². The molecule has 1 aromatic heterocycles. The molecule has 2 aromatic carbocycles. The number of aromatic nitrogens is 1. The van der Waals surface area contributed by atoms with Crippen LogP contribution in [0, 0.1) is 6.92 Å². The zero-order valence-corrected chi connectivity index (χ0v) is 10.3. The molecular formula is C15H13NO2. The maximum Gasteiger partial charge on any atom is 0.200 e. The molecule has 3 rings (SSSR count). The van der Waals surface area contributed by atoms with Crippen LogP contribution in [-0.4, -0.2) is 9.67 Å². The van der Waals surface area contributed by atoms with Gasteiger partial charge < -0.3 is 9.67 Å². The van der Waals surface area contributed by atoms with E-state index in [0.29, 0.717) is 10.8 Å². The summed E-state index contributed by atoms with van der Waals surface area (Å²) >= 11 is 0. The summed E-state index contributed by atoms with van der Waals surface area (Å²) in [5.41, 5.74) is 2.46. The van der Waals surface area contributed by atoms with Gasteiger partial charge in [0.25, 0.3) is 0 Å². The largest absolute Gasteiger partial charge is 0.507 e. The standard InChI is InChI=1S/C15H13NO2/c1-9-7-12-14(13(17)8-9)15(18)10-5-3-4-6-11(10)16(12)2/h3-8,17H,1-2H3. The van der Waals surface area contributed by atoms with Gasteiger partial charge in [-0.2, -0.15) is 0 Å². The van der Waals surface area contributed by atoms with Crippen LogP contribution in [0.4, 0.5) is 0 Å². The molecule has 0 aliphatic heterocycles. The molecule has 3 aromatic rings. The van der Waals surface area contributed by atoms with Crippen LogP contribution >= 0.6 is 0 Å². The lowest BCUT2D eigenvalue weighted by molar-refractivity contribution is 0.481. The number of nitrogens with zero attached hydrogens (tertiary/aromatic N) is 1. The molecule has 1 N–H and O–H groups in total. The van der Waals surface area contributed by atoms with Gasteiger partial charge in [0.2, 0.25) is 5.43 Å². The van der Waals surface area contributed by atoms with E-state index < -0.39 is 0 Å². The summed E-state index contributed by atoms with van der Waals surface area (Å²) in [5.74, 6) is 0.0522. The molecule has 0 atom stereocenters. The number of aromatic hydroxyl groups is 1. The Labute approximate surface area is 104 Å². The van der Waals surface area contributed by atoms with Gasteiger partial charge in [0.05, 0.1) is 16.4 Å². The SMILES string of the molecule is Cc1cc(O)c2c(=O)c3ccccc3n(C)c2c1. The number of hydrogen-bond acceptors (Lipinski definition) is 2. The lowest BCUT2D eigenvalue weighted by atomic mass is 10.1. The predicted molar refractivity (Wildman–Crippen MR) is 73.1 cm³/mol. The number of benzene rings is 2. The molecule has 0 saturated carbocycles. The van der Waals surface area contributed by atoms with E-state index in [4.69, 9.17) is 0 Å². The average molecular weight is 239 g/mol. The van der Waals surface area contributed by atoms with Crippen LogP contribution in [0.25, 0.3) is 21.8 Å². The molecule has 3 heteroatoms. The summed E-state index contributed by atoms with van der Waals surface area (Å²) in [6, 6.07) is 11.0. The van der Waals surface area contributed by atoms with Gasteiger partial charge in [0.15, 0.2) is 0 Å². The predicted octanol–water partition coefficient (Wildman–Crippen LogP) is 2.71. The summed E-state index contributed by atoms with van der Waals surface area (Å²) < 4.78 is 1.94. The Morgan fingerprint density at radius 1 is 1.11 bits per heavy atom. The number of fused-ring (bicyclic) bond motifs is 2. The Bertz CT molecular complexity index is 831. The monoisotopic (exact) mass is 239 g/mol. The third kappa shape index (κ3) is 1.34. The minimum Gasteiger partial charge on any atom is -0.507 e. The Balaban J connectivity index is 2.72. The highest BCUT2D eigenvalue weighted by Gasteiger charge is 2.11. The lowest BCUT2D eigenvalue weighted by Gasteiger charge is -2.11. The Kier molecular flexibility index (Phi) is 2.17. The first-order valence-corrected chi connectivity index (χ1v) is 5.80. The van der Waals surface area contributed by atoms with Crippen molar-refractivity contribution in [3.8, 4) is 5.75 Å². The number of phenolic OH excluding ortho intramolecular Hbond substituents is 1. The number of pyridine rings is 1. The Morgan fingerprint density at radius 2 is 1.83 bits per heavy atom. The number of rotatable bonds is 0. The van der Waals surface area contributed by atoms with E-state index in [2.05, 4.69) is 0 Å². The van der Waals surface area contributed by atoms with Gasteiger partial charge in [0, 0.05) is 12.4 Å². The van der Waals surface area contributed by atoms with Gasteiger partial charge in [0.1, 0.15) is 5.75 Å². The molecule has 0 bridgehead atoms. The first kappa shape index (κ1) is 10.8. The van der Waals surface area contributed by atoms with E-state index in [9.17, 15) is 9.90 Å². The molecule has 0 aliphatic rings. The number of aryl methyl sites for hydroxylation is 2. The highest BCUT2D eigenvalue weighted by molar-refractivity contribution is 5.96.